The molecule has 0 bridgehead atoms. The molecule has 0 spiro atoms. The number of nitrogens with one attached hydrogen (secondary N) is 2. The first-order chi connectivity index (χ1) is 8.02. The molecule has 0 aliphatic heterocycles. The maximum atomic E-state index is 11.4. The highest BCUT2D eigenvalue weighted by Gasteiger charge is 2.06. The minimum atomic E-state index is -0.306. The highest BCUT2D eigenvalue weighted by molar-refractivity contribution is 5.82. The SMILES string of the molecule is COc1cc(CC(=O)NNC(C)=O)ccc1C. The van der Waals surface area contributed by atoms with Crippen LogP contribution in [0.2, 0.25) is 0 Å². The van der Waals surface area contributed by atoms with E-state index in [1.54, 1.807) is 7.11 Å². The maximum Gasteiger partial charge on any atom is 0.242 e. The molecule has 2 amide bonds. The molecule has 0 aliphatic carbocycles. The van der Waals surface area contributed by atoms with Gasteiger partial charge in [0.25, 0.3) is 0 Å². The molecule has 0 unspecified atom stereocenters. The monoisotopic (exact) mass is 236 g/mol. The second kappa shape index (κ2) is 5.89. The molecule has 5 nitrogen and oxygen atoms in total. The third-order valence-corrected chi connectivity index (χ3v) is 2.22. The van der Waals surface area contributed by atoms with Crippen molar-refractivity contribution in [2.45, 2.75) is 20.3 Å². The average molecular weight is 236 g/mol. The number of rotatable bonds is 3. The molecule has 0 fully saturated rings. The van der Waals surface area contributed by atoms with Crippen LogP contribution in [-0.2, 0) is 16.0 Å². The summed E-state index contributed by atoms with van der Waals surface area (Å²) in [6.45, 7) is 3.26. The lowest BCUT2D eigenvalue weighted by Crippen LogP contribution is -2.41. The van der Waals surface area contributed by atoms with E-state index < -0.39 is 0 Å². The molecule has 0 atom stereocenters. The molecule has 0 radical (unpaired) electrons. The molecule has 2 N–H and O–H groups in total. The average Bonchev–Trinajstić information content (AvgIpc) is 2.29. The fourth-order valence-electron chi connectivity index (χ4n) is 1.36. The Kier molecular flexibility index (Phi) is 4.51. The van der Waals surface area contributed by atoms with Gasteiger partial charge in [-0.2, -0.15) is 0 Å². The molecular weight excluding hydrogens is 220 g/mol. The van der Waals surface area contributed by atoms with Crippen molar-refractivity contribution < 1.29 is 14.3 Å². The maximum absolute atomic E-state index is 11.4. The molecule has 1 aromatic carbocycles. The quantitative estimate of drug-likeness (QED) is 0.760. The zero-order valence-electron chi connectivity index (χ0n) is 10.2. The topological polar surface area (TPSA) is 67.4 Å². The number of hydrogen-bond acceptors (Lipinski definition) is 3. The Morgan fingerprint density at radius 3 is 2.59 bits per heavy atom. The molecule has 0 saturated carbocycles. The van der Waals surface area contributed by atoms with Gasteiger partial charge < -0.3 is 4.74 Å². The van der Waals surface area contributed by atoms with Gasteiger partial charge in [0.2, 0.25) is 11.8 Å². The van der Waals surface area contributed by atoms with Gasteiger partial charge in [-0.3, -0.25) is 20.4 Å². The van der Waals surface area contributed by atoms with Crippen molar-refractivity contribution in [1.29, 1.82) is 0 Å². The highest BCUT2D eigenvalue weighted by Crippen LogP contribution is 2.19. The summed E-state index contributed by atoms with van der Waals surface area (Å²) in [7, 11) is 1.59. The lowest BCUT2D eigenvalue weighted by Gasteiger charge is -2.08. The summed E-state index contributed by atoms with van der Waals surface area (Å²) >= 11 is 0. The Bertz CT molecular complexity index is 430. The van der Waals surface area contributed by atoms with Gasteiger partial charge in [-0.25, -0.2) is 0 Å². The Morgan fingerprint density at radius 2 is 2.00 bits per heavy atom. The summed E-state index contributed by atoms with van der Waals surface area (Å²) in [4.78, 5) is 22.0. The molecule has 1 rings (SSSR count). The zero-order chi connectivity index (χ0) is 12.8. The van der Waals surface area contributed by atoms with Gasteiger partial charge in [-0.05, 0) is 24.1 Å². The first kappa shape index (κ1) is 13.0. The van der Waals surface area contributed by atoms with Crippen LogP contribution in [0.15, 0.2) is 18.2 Å². The number of carbonyl (C=O) groups excluding carboxylic acids is 2. The van der Waals surface area contributed by atoms with Crippen molar-refractivity contribution in [2.24, 2.45) is 0 Å². The zero-order valence-corrected chi connectivity index (χ0v) is 10.2. The number of ether oxygens (including phenoxy) is 1. The van der Waals surface area contributed by atoms with Crippen LogP contribution in [0, 0.1) is 6.92 Å². The number of hydrazine groups is 1. The van der Waals surface area contributed by atoms with Crippen LogP contribution >= 0.6 is 0 Å². The minimum Gasteiger partial charge on any atom is -0.496 e. The van der Waals surface area contributed by atoms with Gasteiger partial charge in [0.1, 0.15) is 5.75 Å². The van der Waals surface area contributed by atoms with Crippen LogP contribution in [0.5, 0.6) is 5.75 Å². The van der Waals surface area contributed by atoms with Crippen LogP contribution in [0.3, 0.4) is 0 Å². The van der Waals surface area contributed by atoms with Crippen molar-refractivity contribution in [3.05, 3.63) is 29.3 Å². The van der Waals surface area contributed by atoms with Crippen LogP contribution < -0.4 is 15.6 Å². The largest absolute Gasteiger partial charge is 0.496 e. The summed E-state index contributed by atoms with van der Waals surface area (Å²) in [5.74, 6) is 0.167. The van der Waals surface area contributed by atoms with Crippen molar-refractivity contribution in [3.8, 4) is 5.75 Å². The predicted octanol–water partition coefficient (Wildman–Crippen LogP) is 0.713. The second-order valence-corrected chi connectivity index (χ2v) is 3.71. The van der Waals surface area contributed by atoms with Gasteiger partial charge in [0.05, 0.1) is 13.5 Å². The van der Waals surface area contributed by atoms with Crippen molar-refractivity contribution in [3.63, 3.8) is 0 Å². The second-order valence-electron chi connectivity index (χ2n) is 3.71. The number of carbonyl (C=O) groups is 2. The fraction of sp³-hybridized carbons (Fsp3) is 0.333. The lowest BCUT2D eigenvalue weighted by atomic mass is 10.1. The smallest absolute Gasteiger partial charge is 0.242 e. The molecular formula is C12H16N2O3. The number of hydrogen-bond donors (Lipinski definition) is 2. The summed E-state index contributed by atoms with van der Waals surface area (Å²) in [6, 6.07) is 5.55. The highest BCUT2D eigenvalue weighted by atomic mass is 16.5. The van der Waals surface area contributed by atoms with Gasteiger partial charge in [-0.15, -0.1) is 0 Å². The Balaban J connectivity index is 2.62. The molecule has 0 saturated heterocycles. The van der Waals surface area contributed by atoms with Gasteiger partial charge >= 0.3 is 0 Å². The van der Waals surface area contributed by atoms with E-state index in [1.807, 2.05) is 25.1 Å². The van der Waals surface area contributed by atoms with E-state index in [0.29, 0.717) is 0 Å². The normalized spacial score (nSPS) is 9.59. The molecule has 17 heavy (non-hydrogen) atoms. The van der Waals surface area contributed by atoms with E-state index >= 15 is 0 Å². The van der Waals surface area contributed by atoms with Crippen LogP contribution in [0.1, 0.15) is 18.1 Å². The number of amides is 2. The summed E-state index contributed by atoms with van der Waals surface area (Å²) < 4.78 is 5.16. The van der Waals surface area contributed by atoms with Crippen LogP contribution in [0.4, 0.5) is 0 Å². The molecule has 0 heterocycles. The van der Waals surface area contributed by atoms with E-state index in [9.17, 15) is 9.59 Å². The molecule has 1 aromatic rings. The van der Waals surface area contributed by atoms with E-state index in [2.05, 4.69) is 10.9 Å². The first-order valence-electron chi connectivity index (χ1n) is 5.22. The third kappa shape index (κ3) is 4.14. The van der Waals surface area contributed by atoms with Gasteiger partial charge in [-0.1, -0.05) is 12.1 Å². The van der Waals surface area contributed by atoms with Crippen LogP contribution in [-0.4, -0.2) is 18.9 Å². The summed E-state index contributed by atoms with van der Waals surface area (Å²) in [5, 5.41) is 0. The summed E-state index contributed by atoms with van der Waals surface area (Å²) in [6.07, 6.45) is 0.191. The first-order valence-corrected chi connectivity index (χ1v) is 5.22. The Labute approximate surface area is 100 Å². The number of benzene rings is 1. The standard InChI is InChI=1S/C12H16N2O3/c1-8-4-5-10(6-11(8)17-3)7-12(16)14-13-9(2)15/h4-6H,7H2,1-3H3,(H,13,15)(H,14,16). The number of methoxy groups -OCH3 is 1. The minimum absolute atomic E-state index is 0.191. The Morgan fingerprint density at radius 1 is 1.29 bits per heavy atom. The van der Waals surface area contributed by atoms with Crippen molar-refractivity contribution in [1.82, 2.24) is 10.9 Å². The third-order valence-electron chi connectivity index (χ3n) is 2.22. The number of aryl methyl sites for hydroxylation is 1. The molecule has 5 heteroatoms. The molecule has 92 valence electrons. The molecule has 0 aliphatic rings. The summed E-state index contributed by atoms with van der Waals surface area (Å²) in [5.41, 5.74) is 6.38. The van der Waals surface area contributed by atoms with Gasteiger partial charge in [0, 0.05) is 6.92 Å². The van der Waals surface area contributed by atoms with E-state index in [-0.39, 0.29) is 18.2 Å². The lowest BCUT2D eigenvalue weighted by molar-refractivity contribution is -0.127. The fourth-order valence-corrected chi connectivity index (χ4v) is 1.36. The molecule has 0 aromatic heterocycles. The van der Waals surface area contributed by atoms with Gasteiger partial charge in [0.15, 0.2) is 0 Å². The predicted molar refractivity (Wildman–Crippen MR) is 63.4 cm³/mol. The van der Waals surface area contributed by atoms with E-state index in [4.69, 9.17) is 4.74 Å². The van der Waals surface area contributed by atoms with Crippen molar-refractivity contribution in [2.75, 3.05) is 7.11 Å². The van der Waals surface area contributed by atoms with E-state index in [1.165, 1.54) is 6.92 Å². The van der Waals surface area contributed by atoms with Crippen molar-refractivity contribution >= 4 is 11.8 Å². The van der Waals surface area contributed by atoms with Crippen LogP contribution in [0.25, 0.3) is 0 Å². The van der Waals surface area contributed by atoms with E-state index in [0.717, 1.165) is 16.9 Å². The Hall–Kier alpha value is -2.04.